The maximum Gasteiger partial charge on any atom is 0.264 e. The molecule has 1 aromatic carbocycles. The van der Waals surface area contributed by atoms with E-state index in [0.717, 1.165) is 0 Å². The van der Waals surface area contributed by atoms with E-state index >= 15 is 0 Å². The monoisotopic (exact) mass is 311 g/mol. The van der Waals surface area contributed by atoms with Crippen LogP contribution in [0.15, 0.2) is 27.6 Å². The summed E-state index contributed by atoms with van der Waals surface area (Å²) in [7, 11) is -3.71. The first kappa shape index (κ1) is 15.5. The van der Waals surface area contributed by atoms with Crippen molar-refractivity contribution in [3.05, 3.63) is 35.5 Å². The van der Waals surface area contributed by atoms with Gasteiger partial charge >= 0.3 is 0 Å². The first-order chi connectivity index (χ1) is 9.77. The van der Waals surface area contributed by atoms with Crippen LogP contribution in [0.1, 0.15) is 37.0 Å². The predicted octanol–water partition coefficient (Wildman–Crippen LogP) is 1.73. The smallest absolute Gasteiger partial charge is 0.264 e. The second kappa shape index (κ2) is 5.82. The lowest BCUT2D eigenvalue weighted by Gasteiger charge is -2.08. The van der Waals surface area contributed by atoms with Crippen LogP contribution in [0.2, 0.25) is 0 Å². The lowest BCUT2D eigenvalue weighted by molar-refractivity contribution is 0.241. The minimum Gasteiger partial charge on any atom is -0.483 e. The molecule has 7 nitrogen and oxygen atoms in total. The molecule has 0 bridgehead atoms. The molecule has 0 radical (unpaired) electrons. The lowest BCUT2D eigenvalue weighted by atomic mass is 10.2. The fraction of sp³-hybridized carbons (Fsp3) is 0.385. The Morgan fingerprint density at radius 1 is 1.38 bits per heavy atom. The highest BCUT2D eigenvalue weighted by atomic mass is 32.2. The molecule has 0 aliphatic heterocycles. The molecular formula is C13H17N3O4S. The number of benzene rings is 1. The first-order valence-electron chi connectivity index (χ1n) is 6.36. The molecule has 2 rings (SSSR count). The number of rotatable bonds is 5. The van der Waals surface area contributed by atoms with E-state index in [1.54, 1.807) is 13.0 Å². The quantitative estimate of drug-likeness (QED) is 0.900. The van der Waals surface area contributed by atoms with Crippen LogP contribution < -0.4 is 9.88 Å². The zero-order chi connectivity index (χ0) is 15.6. The molecule has 0 fully saturated rings. The molecule has 0 atom stereocenters. The average Bonchev–Trinajstić information content (AvgIpc) is 2.85. The molecule has 2 aromatic rings. The van der Waals surface area contributed by atoms with Crippen molar-refractivity contribution in [2.45, 2.75) is 38.2 Å². The molecule has 2 N–H and O–H groups in total. The van der Waals surface area contributed by atoms with Crippen LogP contribution in [0.5, 0.6) is 5.75 Å². The van der Waals surface area contributed by atoms with Gasteiger partial charge in [0.1, 0.15) is 5.75 Å². The van der Waals surface area contributed by atoms with Gasteiger partial charge in [-0.2, -0.15) is 4.98 Å². The number of aryl methyl sites for hydroxylation is 1. The summed E-state index contributed by atoms with van der Waals surface area (Å²) in [4.78, 5) is 4.24. The van der Waals surface area contributed by atoms with Gasteiger partial charge in [0.2, 0.25) is 10.0 Å². The van der Waals surface area contributed by atoms with Gasteiger partial charge in [0.05, 0.1) is 4.90 Å². The average molecular weight is 311 g/mol. The zero-order valence-corrected chi connectivity index (χ0v) is 12.8. The number of aromatic nitrogens is 2. The maximum atomic E-state index is 11.2. The van der Waals surface area contributed by atoms with Crippen LogP contribution >= 0.6 is 0 Å². The summed E-state index contributed by atoms with van der Waals surface area (Å²) in [6, 6.07) is 4.40. The number of sulfonamides is 1. The van der Waals surface area contributed by atoms with Gasteiger partial charge in [-0.1, -0.05) is 19.0 Å². The summed E-state index contributed by atoms with van der Waals surface area (Å²) in [6.45, 7) is 5.78. The third-order valence-corrected chi connectivity index (χ3v) is 3.74. The Kier molecular flexibility index (Phi) is 4.29. The van der Waals surface area contributed by atoms with E-state index in [0.29, 0.717) is 23.0 Å². The van der Waals surface area contributed by atoms with E-state index < -0.39 is 10.0 Å². The fourth-order valence-corrected chi connectivity index (χ4v) is 2.26. The second-order valence-electron chi connectivity index (χ2n) is 4.96. The van der Waals surface area contributed by atoms with E-state index in [9.17, 15) is 8.42 Å². The SMILES string of the molecule is Cc1cc(S(N)(=O)=O)ccc1OCc1nc(C(C)C)no1. The molecule has 0 saturated heterocycles. The number of hydrogen-bond donors (Lipinski definition) is 1. The predicted molar refractivity (Wildman–Crippen MR) is 75.3 cm³/mol. The van der Waals surface area contributed by atoms with Crippen molar-refractivity contribution in [3.8, 4) is 5.75 Å². The molecule has 21 heavy (non-hydrogen) atoms. The van der Waals surface area contributed by atoms with Gasteiger partial charge in [0.25, 0.3) is 5.89 Å². The molecule has 0 unspecified atom stereocenters. The third kappa shape index (κ3) is 3.79. The van der Waals surface area contributed by atoms with Crippen LogP contribution in [0.4, 0.5) is 0 Å². The Bertz CT molecular complexity index is 738. The van der Waals surface area contributed by atoms with Gasteiger partial charge < -0.3 is 9.26 Å². The lowest BCUT2D eigenvalue weighted by Crippen LogP contribution is -2.12. The Hall–Kier alpha value is -1.93. The topological polar surface area (TPSA) is 108 Å². The van der Waals surface area contributed by atoms with Crippen LogP contribution in [-0.4, -0.2) is 18.6 Å². The zero-order valence-electron chi connectivity index (χ0n) is 12.0. The summed E-state index contributed by atoms with van der Waals surface area (Å²) in [5.74, 6) is 1.70. The van der Waals surface area contributed by atoms with Crippen LogP contribution in [0, 0.1) is 6.92 Å². The van der Waals surface area contributed by atoms with E-state index in [2.05, 4.69) is 10.1 Å². The fourth-order valence-electron chi connectivity index (χ4n) is 1.66. The highest BCUT2D eigenvalue weighted by Crippen LogP contribution is 2.22. The van der Waals surface area contributed by atoms with Crippen LogP contribution in [0.25, 0.3) is 0 Å². The van der Waals surface area contributed by atoms with Crippen molar-refractivity contribution in [1.29, 1.82) is 0 Å². The van der Waals surface area contributed by atoms with Crippen molar-refractivity contribution in [2.24, 2.45) is 5.14 Å². The Balaban J connectivity index is 2.09. The highest BCUT2D eigenvalue weighted by molar-refractivity contribution is 7.89. The molecule has 0 aliphatic rings. The van der Waals surface area contributed by atoms with Crippen LogP contribution in [0.3, 0.4) is 0 Å². The van der Waals surface area contributed by atoms with Crippen molar-refractivity contribution < 1.29 is 17.7 Å². The number of ether oxygens (including phenoxy) is 1. The molecule has 0 amide bonds. The summed E-state index contributed by atoms with van der Waals surface area (Å²) in [5.41, 5.74) is 0.658. The molecular weight excluding hydrogens is 294 g/mol. The summed E-state index contributed by atoms with van der Waals surface area (Å²) in [6.07, 6.45) is 0. The minimum atomic E-state index is -3.71. The van der Waals surface area contributed by atoms with Crippen molar-refractivity contribution in [2.75, 3.05) is 0 Å². The van der Waals surface area contributed by atoms with Gasteiger partial charge in [0.15, 0.2) is 12.4 Å². The van der Waals surface area contributed by atoms with Gasteiger partial charge in [-0.3, -0.25) is 0 Å². The van der Waals surface area contributed by atoms with Gasteiger partial charge in [-0.15, -0.1) is 0 Å². The standard InChI is InChI=1S/C13H17N3O4S/c1-8(2)13-15-12(20-16-13)7-19-11-5-4-10(6-9(11)3)21(14,17)18/h4-6,8H,7H2,1-3H3,(H2,14,17,18). The van der Waals surface area contributed by atoms with Crippen molar-refractivity contribution >= 4 is 10.0 Å². The Morgan fingerprint density at radius 3 is 2.62 bits per heavy atom. The maximum absolute atomic E-state index is 11.2. The second-order valence-corrected chi connectivity index (χ2v) is 6.52. The molecule has 0 aliphatic carbocycles. The minimum absolute atomic E-state index is 0.0484. The van der Waals surface area contributed by atoms with Gasteiger partial charge in [0, 0.05) is 5.92 Å². The molecule has 1 heterocycles. The summed E-state index contributed by atoms with van der Waals surface area (Å²) >= 11 is 0. The first-order valence-corrected chi connectivity index (χ1v) is 7.90. The van der Waals surface area contributed by atoms with E-state index in [-0.39, 0.29) is 17.4 Å². The number of nitrogens with two attached hydrogens (primary N) is 1. The number of hydrogen-bond acceptors (Lipinski definition) is 6. The van der Waals surface area contributed by atoms with E-state index in [1.165, 1.54) is 12.1 Å². The molecule has 8 heteroatoms. The van der Waals surface area contributed by atoms with Gasteiger partial charge in [-0.05, 0) is 30.7 Å². The van der Waals surface area contributed by atoms with Gasteiger partial charge in [-0.25, -0.2) is 13.6 Å². The number of nitrogens with zero attached hydrogens (tertiary/aromatic N) is 2. The largest absolute Gasteiger partial charge is 0.483 e. The summed E-state index contributed by atoms with van der Waals surface area (Å²) in [5, 5.41) is 8.90. The highest BCUT2D eigenvalue weighted by Gasteiger charge is 2.12. The Morgan fingerprint density at radius 2 is 2.10 bits per heavy atom. The van der Waals surface area contributed by atoms with Crippen molar-refractivity contribution in [1.82, 2.24) is 10.1 Å². The molecule has 0 saturated carbocycles. The normalized spacial score (nSPS) is 11.9. The third-order valence-electron chi connectivity index (χ3n) is 2.83. The van der Waals surface area contributed by atoms with E-state index in [4.69, 9.17) is 14.4 Å². The van der Waals surface area contributed by atoms with Crippen LogP contribution in [-0.2, 0) is 16.6 Å². The molecule has 1 aromatic heterocycles. The Labute approximate surface area is 123 Å². The molecule has 0 spiro atoms. The van der Waals surface area contributed by atoms with Crippen molar-refractivity contribution in [3.63, 3.8) is 0 Å². The molecule has 114 valence electrons. The van der Waals surface area contributed by atoms with E-state index in [1.807, 2.05) is 13.8 Å². The number of primary sulfonamides is 1. The summed E-state index contributed by atoms with van der Waals surface area (Å²) < 4.78 is 33.1.